The second kappa shape index (κ2) is 40.5. The summed E-state index contributed by atoms with van der Waals surface area (Å²) in [4.78, 5) is 19.4. The Morgan fingerprint density at radius 2 is 1.36 bits per heavy atom. The number of Topliss-reactive ketones (excluding diaryl/α,β-unsaturated/α-hetero) is 1. The minimum Gasteiger partial charge on any atom is -0.469 e. The van der Waals surface area contributed by atoms with Crippen LogP contribution in [0, 0.1) is 12.8 Å². The standard InChI is InChI=1S/C4H8O2.C4H10O.C4H8.C4H10.C3H4N2O.C3H8O.C3H6O/c1-3-4(5)6-2;1-3-5-4-2;1-4-2-3-4;1-3-4-2;1-3-5-4-2-6-3;1-3-4-2;1-3(2)4/h3H2,1-2H3;3-4H2,1-2H3;4H,2-3H2,1H3;3-4H2,1-2H3;2H,1H3;3H2,1-2H3;1-2H3. The number of ketones is 1. The van der Waals surface area contributed by atoms with Crippen molar-refractivity contribution in [3.8, 4) is 0 Å². The fourth-order valence-corrected chi connectivity index (χ4v) is 0.743. The first-order chi connectivity index (χ1) is 15.6. The van der Waals surface area contributed by atoms with Crippen molar-refractivity contribution in [2.75, 3.05) is 34.0 Å². The van der Waals surface area contributed by atoms with Crippen molar-refractivity contribution in [1.29, 1.82) is 0 Å². The monoisotopic (exact) mass is 478 g/mol. The molecule has 1 saturated carbocycles. The number of hydrogen-bond donors (Lipinski definition) is 0. The van der Waals surface area contributed by atoms with E-state index in [-0.39, 0.29) is 11.8 Å². The van der Waals surface area contributed by atoms with Gasteiger partial charge in [0, 0.05) is 40.3 Å². The van der Waals surface area contributed by atoms with Crippen molar-refractivity contribution >= 4 is 11.8 Å². The molecule has 1 heterocycles. The van der Waals surface area contributed by atoms with Crippen LogP contribution in [0.4, 0.5) is 0 Å². The Labute approximate surface area is 204 Å². The van der Waals surface area contributed by atoms with Crippen LogP contribution in [0.15, 0.2) is 10.8 Å². The Hall–Kier alpha value is -1.80. The molecule has 8 heteroatoms. The van der Waals surface area contributed by atoms with Gasteiger partial charge in [0.25, 0.3) is 0 Å². The minimum atomic E-state index is -0.157. The van der Waals surface area contributed by atoms with Crippen LogP contribution in [-0.4, -0.2) is 56.0 Å². The van der Waals surface area contributed by atoms with Crippen LogP contribution in [-0.2, 0) is 23.8 Å². The summed E-state index contributed by atoms with van der Waals surface area (Å²) in [6.45, 7) is 21.6. The van der Waals surface area contributed by atoms with E-state index in [1.165, 1.54) is 53.0 Å². The third kappa shape index (κ3) is 91.5. The van der Waals surface area contributed by atoms with Gasteiger partial charge in [-0.15, -0.1) is 10.2 Å². The van der Waals surface area contributed by atoms with E-state index in [1.54, 1.807) is 21.0 Å². The molecule has 0 radical (unpaired) electrons. The lowest BCUT2D eigenvalue weighted by Crippen LogP contribution is -1.94. The topological polar surface area (TPSA) is 101 Å². The molecule has 0 saturated heterocycles. The van der Waals surface area contributed by atoms with Crippen molar-refractivity contribution < 1.29 is 28.2 Å². The van der Waals surface area contributed by atoms with E-state index >= 15 is 0 Å². The van der Waals surface area contributed by atoms with Crippen LogP contribution < -0.4 is 0 Å². The van der Waals surface area contributed by atoms with Crippen LogP contribution in [0.3, 0.4) is 0 Å². The van der Waals surface area contributed by atoms with Gasteiger partial charge in [-0.05, 0) is 40.5 Å². The Morgan fingerprint density at radius 1 is 0.970 bits per heavy atom. The highest BCUT2D eigenvalue weighted by atomic mass is 16.5. The summed E-state index contributed by atoms with van der Waals surface area (Å²) in [6.07, 6.45) is 7.38. The molecule has 0 N–H and O–H groups in total. The summed E-state index contributed by atoms with van der Waals surface area (Å²) >= 11 is 0. The first-order valence-electron chi connectivity index (χ1n) is 11.9. The maximum absolute atomic E-state index is 9.96. The van der Waals surface area contributed by atoms with Gasteiger partial charge in [-0.3, -0.25) is 4.79 Å². The zero-order valence-corrected chi connectivity index (χ0v) is 23.7. The molecule has 0 aliphatic heterocycles. The Bertz CT molecular complexity index is 430. The average Bonchev–Trinajstić information content (AvgIpc) is 3.44. The quantitative estimate of drug-likeness (QED) is 0.444. The molecule has 1 aromatic heterocycles. The summed E-state index contributed by atoms with van der Waals surface area (Å²) in [5.41, 5.74) is 0. The highest BCUT2D eigenvalue weighted by molar-refractivity contribution is 5.72. The molecular formula is C25H54N2O6. The molecule has 0 bridgehead atoms. The predicted molar refractivity (Wildman–Crippen MR) is 136 cm³/mol. The lowest BCUT2D eigenvalue weighted by Gasteiger charge is -1.87. The van der Waals surface area contributed by atoms with Crippen molar-refractivity contribution in [2.45, 2.75) is 101 Å². The van der Waals surface area contributed by atoms with Crippen LogP contribution in [0.5, 0.6) is 0 Å². The van der Waals surface area contributed by atoms with Gasteiger partial charge in [0.1, 0.15) is 5.78 Å². The van der Waals surface area contributed by atoms with E-state index in [2.05, 4.69) is 44.9 Å². The number of unbranched alkanes of at least 4 members (excludes halogenated alkanes) is 1. The van der Waals surface area contributed by atoms with Gasteiger partial charge in [0.2, 0.25) is 12.3 Å². The molecule has 0 atom stereocenters. The largest absolute Gasteiger partial charge is 0.469 e. The van der Waals surface area contributed by atoms with Gasteiger partial charge in [-0.2, -0.15) is 0 Å². The first kappa shape index (κ1) is 41.5. The number of esters is 1. The molecule has 1 aliphatic carbocycles. The van der Waals surface area contributed by atoms with E-state index < -0.39 is 0 Å². The minimum absolute atomic E-state index is 0.157. The predicted octanol–water partition coefficient (Wildman–Crippen LogP) is 6.46. The zero-order chi connectivity index (χ0) is 26.9. The molecule has 0 spiro atoms. The van der Waals surface area contributed by atoms with Gasteiger partial charge in [-0.1, -0.05) is 53.4 Å². The van der Waals surface area contributed by atoms with Crippen molar-refractivity contribution in [3.05, 3.63) is 12.3 Å². The second-order valence-corrected chi connectivity index (χ2v) is 6.84. The van der Waals surface area contributed by atoms with Gasteiger partial charge in [0.05, 0.1) is 7.11 Å². The van der Waals surface area contributed by atoms with Gasteiger partial charge in [0.15, 0.2) is 0 Å². The number of hydrogen-bond acceptors (Lipinski definition) is 8. The molecule has 0 amide bonds. The molecule has 1 aromatic rings. The third-order valence-corrected chi connectivity index (χ3v) is 3.05. The van der Waals surface area contributed by atoms with Crippen LogP contribution in [0.25, 0.3) is 0 Å². The van der Waals surface area contributed by atoms with Crippen molar-refractivity contribution in [2.24, 2.45) is 5.92 Å². The number of methoxy groups -OCH3 is 2. The van der Waals surface area contributed by atoms with Gasteiger partial charge >= 0.3 is 5.97 Å². The molecule has 200 valence electrons. The van der Waals surface area contributed by atoms with E-state index in [1.807, 2.05) is 20.8 Å². The van der Waals surface area contributed by atoms with Gasteiger partial charge < -0.3 is 23.4 Å². The molecule has 2 rings (SSSR count). The maximum atomic E-state index is 9.96. The average molecular weight is 479 g/mol. The molecule has 1 aliphatic rings. The smallest absolute Gasteiger partial charge is 0.305 e. The van der Waals surface area contributed by atoms with Crippen LogP contribution >= 0.6 is 0 Å². The fraction of sp³-hybridized carbons (Fsp3) is 0.840. The maximum Gasteiger partial charge on any atom is 0.305 e. The van der Waals surface area contributed by atoms with Gasteiger partial charge in [-0.25, -0.2) is 0 Å². The van der Waals surface area contributed by atoms with E-state index in [4.69, 9.17) is 4.74 Å². The van der Waals surface area contributed by atoms with Crippen LogP contribution in [0.2, 0.25) is 0 Å². The molecule has 33 heavy (non-hydrogen) atoms. The highest BCUT2D eigenvalue weighted by Gasteiger charge is 2.12. The summed E-state index contributed by atoms with van der Waals surface area (Å²) in [5.74, 6) is 1.70. The Kier molecular flexibility index (Phi) is 50.9. The second-order valence-electron chi connectivity index (χ2n) is 6.84. The number of aromatic nitrogens is 2. The Balaban J connectivity index is -0.0000000932. The lowest BCUT2D eigenvalue weighted by atomic mass is 10.4. The first-order valence-corrected chi connectivity index (χ1v) is 11.9. The van der Waals surface area contributed by atoms with Crippen LogP contribution in [0.1, 0.15) is 100 Å². The Morgan fingerprint density at radius 3 is 1.39 bits per heavy atom. The SMILES string of the molecule is CC(C)=O.CC1CC1.CCC(=O)OC.CCCC.CCOC.CCOCC.Cc1nnco1. The number of ether oxygens (including phenoxy) is 3. The number of carbonyl (C=O) groups excluding carboxylic acids is 2. The molecule has 8 nitrogen and oxygen atoms in total. The number of aryl methyl sites for hydroxylation is 1. The van der Waals surface area contributed by atoms with E-state index in [0.29, 0.717) is 12.3 Å². The highest BCUT2D eigenvalue weighted by Crippen LogP contribution is 2.26. The normalized spacial score (nSPS) is 10.1. The zero-order valence-electron chi connectivity index (χ0n) is 23.7. The molecule has 0 unspecified atom stereocenters. The number of carbonyl (C=O) groups is 2. The number of nitrogens with zero attached hydrogens (tertiary/aromatic N) is 2. The fourth-order valence-electron chi connectivity index (χ4n) is 0.743. The lowest BCUT2D eigenvalue weighted by molar-refractivity contribution is -0.140. The van der Waals surface area contributed by atoms with Crippen molar-refractivity contribution in [1.82, 2.24) is 10.2 Å². The summed E-state index contributed by atoms with van der Waals surface area (Å²) < 4.78 is 18.2. The molecular weight excluding hydrogens is 424 g/mol. The van der Waals surface area contributed by atoms with Crippen molar-refractivity contribution in [3.63, 3.8) is 0 Å². The number of rotatable bonds is 5. The molecule has 1 fully saturated rings. The van der Waals surface area contributed by atoms with E-state index in [0.717, 1.165) is 25.7 Å². The summed E-state index contributed by atoms with van der Waals surface area (Å²) in [5, 5.41) is 6.91. The third-order valence-electron chi connectivity index (χ3n) is 3.05. The molecule has 0 aromatic carbocycles. The summed E-state index contributed by atoms with van der Waals surface area (Å²) in [6, 6.07) is 0. The summed E-state index contributed by atoms with van der Waals surface area (Å²) in [7, 11) is 3.06. The van der Waals surface area contributed by atoms with E-state index in [9.17, 15) is 9.59 Å².